The van der Waals surface area contributed by atoms with E-state index >= 15 is 8.78 Å². The van der Waals surface area contributed by atoms with Crippen LogP contribution in [0, 0.1) is 47.3 Å². The molecule has 2 fully saturated rings. The maximum absolute atomic E-state index is 15.3. The minimum Gasteiger partial charge on any atom is -0.490 e. The molecule has 2 saturated carbocycles. The van der Waals surface area contributed by atoms with Crippen molar-refractivity contribution in [2.45, 2.75) is 96.2 Å². The van der Waals surface area contributed by atoms with Crippen LogP contribution in [-0.2, 0) is 4.74 Å². The van der Waals surface area contributed by atoms with Gasteiger partial charge in [0.25, 0.3) is 0 Å². The number of aliphatic hydroxyl groups excluding tert-OH is 1. The minimum absolute atomic E-state index is 0.0322. The Kier molecular flexibility index (Phi) is 11.2. The Morgan fingerprint density at radius 3 is 2.45 bits per heavy atom. The van der Waals surface area contributed by atoms with Crippen molar-refractivity contribution in [3.63, 3.8) is 0 Å². The van der Waals surface area contributed by atoms with E-state index in [2.05, 4.69) is 25.3 Å². The van der Waals surface area contributed by atoms with E-state index in [1.165, 1.54) is 0 Å². The summed E-state index contributed by atoms with van der Waals surface area (Å²) in [6.07, 6.45) is 13.8. The molecule has 4 atom stereocenters. The summed E-state index contributed by atoms with van der Waals surface area (Å²) < 4.78 is 64.9. The topological polar surface area (TPSA) is 29.5 Å². The molecule has 220 valence electrons. The molecule has 1 N–H and O–H groups in total. The Hall–Kier alpha value is -2.26. The van der Waals surface area contributed by atoms with Gasteiger partial charge in [-0.25, -0.2) is 13.2 Å². The molecule has 0 radical (unpaired) electrons. The standard InChI is InChI=1S/C34H44F4O2/c1-3-5-21-40-30-20-17-26(31(35)34(30)38)12-9-22-7-10-23(11-8-22)27-18-19-28(33(37)32(27)36)24-13-15-25(16-14-24)29(39)6-4-2/h3,18-20,22-26,28-29,33,39H,1,4-8,10-11,13-17,21H2,2H3. The van der Waals surface area contributed by atoms with Crippen LogP contribution < -0.4 is 0 Å². The molecule has 0 bridgehead atoms. The van der Waals surface area contributed by atoms with E-state index < -0.39 is 35.5 Å². The number of rotatable bonds is 9. The Labute approximate surface area is 237 Å². The molecular weight excluding hydrogens is 516 g/mol. The maximum Gasteiger partial charge on any atom is 0.197 e. The van der Waals surface area contributed by atoms with Crippen LogP contribution in [0.5, 0.6) is 0 Å². The first-order chi connectivity index (χ1) is 19.3. The van der Waals surface area contributed by atoms with E-state index in [1.807, 2.05) is 12.2 Å². The second-order valence-corrected chi connectivity index (χ2v) is 12.0. The summed E-state index contributed by atoms with van der Waals surface area (Å²) in [4.78, 5) is 0. The summed E-state index contributed by atoms with van der Waals surface area (Å²) in [6, 6.07) is 0. The zero-order valence-electron chi connectivity index (χ0n) is 23.7. The Morgan fingerprint density at radius 1 is 1.05 bits per heavy atom. The van der Waals surface area contributed by atoms with Crippen molar-refractivity contribution in [3.05, 3.63) is 59.7 Å². The highest BCUT2D eigenvalue weighted by Gasteiger charge is 2.39. The van der Waals surface area contributed by atoms with Crippen molar-refractivity contribution < 1.29 is 27.4 Å². The molecule has 0 heterocycles. The van der Waals surface area contributed by atoms with Crippen molar-refractivity contribution in [2.75, 3.05) is 6.61 Å². The molecule has 0 aliphatic heterocycles. The van der Waals surface area contributed by atoms with E-state index in [1.54, 1.807) is 12.2 Å². The van der Waals surface area contributed by atoms with Gasteiger partial charge in [-0.3, -0.25) is 0 Å². The summed E-state index contributed by atoms with van der Waals surface area (Å²) in [6.45, 7) is 5.90. The highest BCUT2D eigenvalue weighted by molar-refractivity contribution is 5.35. The van der Waals surface area contributed by atoms with Crippen molar-refractivity contribution in [2.24, 2.45) is 35.5 Å². The zero-order chi connectivity index (χ0) is 28.6. The van der Waals surface area contributed by atoms with Crippen LogP contribution in [-0.4, -0.2) is 24.0 Å². The van der Waals surface area contributed by atoms with Gasteiger partial charge in [-0.1, -0.05) is 43.4 Å². The molecule has 4 aliphatic rings. The van der Waals surface area contributed by atoms with E-state index in [4.69, 9.17) is 4.74 Å². The molecule has 0 spiro atoms. The van der Waals surface area contributed by atoms with Crippen molar-refractivity contribution >= 4 is 0 Å². The first-order valence-electron chi connectivity index (χ1n) is 15.2. The van der Waals surface area contributed by atoms with Crippen molar-refractivity contribution in [1.29, 1.82) is 0 Å². The van der Waals surface area contributed by atoms with Crippen LogP contribution in [0.2, 0.25) is 0 Å². The average Bonchev–Trinajstić information content (AvgIpc) is 2.97. The van der Waals surface area contributed by atoms with Crippen LogP contribution >= 0.6 is 0 Å². The number of allylic oxidation sites excluding steroid dienone is 7. The fourth-order valence-electron chi connectivity index (χ4n) is 6.85. The summed E-state index contributed by atoms with van der Waals surface area (Å²) in [5.74, 6) is 2.61. The molecule has 0 aromatic rings. The van der Waals surface area contributed by atoms with E-state index in [0.717, 1.165) is 51.4 Å². The van der Waals surface area contributed by atoms with Crippen LogP contribution in [0.25, 0.3) is 0 Å². The van der Waals surface area contributed by atoms with Crippen LogP contribution in [0.4, 0.5) is 17.6 Å². The lowest BCUT2D eigenvalue weighted by Gasteiger charge is -2.37. The first-order valence-corrected chi connectivity index (χ1v) is 15.2. The van der Waals surface area contributed by atoms with Gasteiger partial charge >= 0.3 is 0 Å². The van der Waals surface area contributed by atoms with Gasteiger partial charge in [0.05, 0.1) is 18.6 Å². The lowest BCUT2D eigenvalue weighted by Crippen LogP contribution is -2.33. The fraction of sp³-hybridized carbons (Fsp3) is 0.647. The molecular formula is C34H44F4O2. The molecule has 4 unspecified atom stereocenters. The van der Waals surface area contributed by atoms with Gasteiger partial charge in [-0.15, -0.1) is 6.58 Å². The number of ether oxygens (including phenoxy) is 1. The third-order valence-electron chi connectivity index (χ3n) is 9.32. The van der Waals surface area contributed by atoms with Gasteiger partial charge in [0.2, 0.25) is 0 Å². The molecule has 40 heavy (non-hydrogen) atoms. The molecule has 6 heteroatoms. The second kappa shape index (κ2) is 14.6. The molecule has 2 nitrogen and oxygen atoms in total. The normalized spacial score (nSPS) is 33.6. The van der Waals surface area contributed by atoms with E-state index in [-0.39, 0.29) is 48.6 Å². The maximum atomic E-state index is 15.3. The highest BCUT2D eigenvalue weighted by atomic mass is 19.2. The van der Waals surface area contributed by atoms with Crippen molar-refractivity contribution in [1.82, 2.24) is 0 Å². The van der Waals surface area contributed by atoms with Gasteiger partial charge in [-0.2, -0.15) is 4.39 Å². The van der Waals surface area contributed by atoms with Crippen LogP contribution in [0.15, 0.2) is 59.7 Å². The molecule has 4 aliphatic carbocycles. The molecule has 4 rings (SSSR count). The zero-order valence-corrected chi connectivity index (χ0v) is 23.7. The predicted molar refractivity (Wildman–Crippen MR) is 151 cm³/mol. The monoisotopic (exact) mass is 560 g/mol. The summed E-state index contributed by atoms with van der Waals surface area (Å²) >= 11 is 0. The SMILES string of the molecule is C=CCCOC1=CCC(C#CC2CCC(C3=C(F)C(F)C(C4CCC(C(O)CCC)CC4)C=C3)CC2)C(F)=C1F. The molecule has 0 amide bonds. The lowest BCUT2D eigenvalue weighted by atomic mass is 9.69. The predicted octanol–water partition coefficient (Wildman–Crippen LogP) is 9.16. The Bertz CT molecular complexity index is 1060. The summed E-state index contributed by atoms with van der Waals surface area (Å²) in [5, 5.41) is 10.3. The minimum atomic E-state index is -1.60. The number of hydrogen-bond donors (Lipinski definition) is 1. The average molecular weight is 561 g/mol. The van der Waals surface area contributed by atoms with Gasteiger partial charge in [0.15, 0.2) is 23.6 Å². The van der Waals surface area contributed by atoms with Gasteiger partial charge in [0.1, 0.15) is 5.83 Å². The lowest BCUT2D eigenvalue weighted by molar-refractivity contribution is 0.0537. The van der Waals surface area contributed by atoms with E-state index in [9.17, 15) is 13.9 Å². The van der Waals surface area contributed by atoms with Gasteiger partial charge < -0.3 is 9.84 Å². The summed E-state index contributed by atoms with van der Waals surface area (Å²) in [5.41, 5.74) is 0.486. The summed E-state index contributed by atoms with van der Waals surface area (Å²) in [7, 11) is 0. The van der Waals surface area contributed by atoms with Gasteiger partial charge in [-0.05, 0) is 100 Å². The highest BCUT2D eigenvalue weighted by Crippen LogP contribution is 2.45. The Morgan fingerprint density at radius 2 is 1.77 bits per heavy atom. The molecule has 0 saturated heterocycles. The second-order valence-electron chi connectivity index (χ2n) is 12.0. The van der Waals surface area contributed by atoms with Crippen LogP contribution in [0.3, 0.4) is 0 Å². The Balaban J connectivity index is 1.27. The number of alkyl halides is 1. The smallest absolute Gasteiger partial charge is 0.197 e. The van der Waals surface area contributed by atoms with Gasteiger partial charge in [0, 0.05) is 11.8 Å². The fourth-order valence-corrected chi connectivity index (χ4v) is 6.85. The molecule has 0 aromatic carbocycles. The number of aliphatic hydroxyl groups is 1. The first kappa shape index (κ1) is 30.7. The largest absolute Gasteiger partial charge is 0.490 e. The third kappa shape index (κ3) is 7.32. The van der Waals surface area contributed by atoms with Crippen molar-refractivity contribution in [3.8, 4) is 11.8 Å². The van der Waals surface area contributed by atoms with Crippen LogP contribution in [0.1, 0.15) is 84.0 Å². The van der Waals surface area contributed by atoms with E-state index in [0.29, 0.717) is 24.8 Å². The molecule has 0 aromatic heterocycles. The number of hydrogen-bond acceptors (Lipinski definition) is 2. The number of halogens is 4. The third-order valence-corrected chi connectivity index (χ3v) is 9.32. The quantitative estimate of drug-likeness (QED) is 0.132.